The highest BCUT2D eigenvalue weighted by molar-refractivity contribution is 7.89. The first-order valence-electron chi connectivity index (χ1n) is 8.84. The summed E-state index contributed by atoms with van der Waals surface area (Å²) in [6, 6.07) is 16.6. The van der Waals surface area contributed by atoms with E-state index in [1.165, 1.54) is 15.4 Å². The zero-order valence-corrected chi connectivity index (χ0v) is 15.8. The molecule has 138 valence electrons. The Bertz CT molecular complexity index is 866. The van der Waals surface area contributed by atoms with Gasteiger partial charge in [0.25, 0.3) is 0 Å². The molecule has 1 aliphatic rings. The van der Waals surface area contributed by atoms with Gasteiger partial charge >= 0.3 is 0 Å². The second kappa shape index (κ2) is 8.01. The number of rotatable bonds is 6. The van der Waals surface area contributed by atoms with Gasteiger partial charge in [0.2, 0.25) is 15.9 Å². The molecular formula is C20H24N2O3S. The summed E-state index contributed by atoms with van der Waals surface area (Å²) in [6.45, 7) is 1.70. The highest BCUT2D eigenvalue weighted by Crippen LogP contribution is 2.20. The van der Waals surface area contributed by atoms with Crippen molar-refractivity contribution in [2.24, 2.45) is 0 Å². The zero-order valence-electron chi connectivity index (χ0n) is 15.0. The van der Waals surface area contributed by atoms with Gasteiger partial charge in [-0.25, -0.2) is 12.7 Å². The smallest absolute Gasteiger partial charge is 0.242 e. The fourth-order valence-corrected chi connectivity index (χ4v) is 4.44. The van der Waals surface area contributed by atoms with Crippen molar-refractivity contribution in [2.45, 2.75) is 30.7 Å². The Balaban J connectivity index is 1.51. The minimum absolute atomic E-state index is 0.0880. The van der Waals surface area contributed by atoms with Crippen molar-refractivity contribution in [3.05, 3.63) is 65.7 Å². The second-order valence-corrected chi connectivity index (χ2v) is 8.62. The molecule has 2 aromatic carbocycles. The van der Waals surface area contributed by atoms with E-state index in [4.69, 9.17) is 0 Å². The van der Waals surface area contributed by atoms with E-state index in [9.17, 15) is 13.2 Å². The summed E-state index contributed by atoms with van der Waals surface area (Å²) in [5.74, 6) is 0.0880. The van der Waals surface area contributed by atoms with Crippen LogP contribution in [-0.2, 0) is 27.8 Å². The van der Waals surface area contributed by atoms with Crippen LogP contribution in [0.2, 0.25) is 0 Å². The molecule has 3 rings (SSSR count). The Morgan fingerprint density at radius 2 is 1.69 bits per heavy atom. The fraction of sp³-hybridized carbons (Fsp3) is 0.350. The highest BCUT2D eigenvalue weighted by Gasteiger charge is 2.22. The lowest BCUT2D eigenvalue weighted by atomic mass is 9.99. The number of hydrogen-bond acceptors (Lipinski definition) is 3. The van der Waals surface area contributed by atoms with Gasteiger partial charge in [0.1, 0.15) is 0 Å². The molecule has 0 aromatic heterocycles. The van der Waals surface area contributed by atoms with Gasteiger partial charge in [0.15, 0.2) is 0 Å². The molecule has 0 unspecified atom stereocenters. The maximum atomic E-state index is 12.5. The fourth-order valence-electron chi connectivity index (χ4n) is 3.21. The molecule has 0 saturated carbocycles. The molecule has 26 heavy (non-hydrogen) atoms. The molecule has 0 atom stereocenters. The van der Waals surface area contributed by atoms with Crippen LogP contribution >= 0.6 is 0 Å². The van der Waals surface area contributed by atoms with Gasteiger partial charge in [-0.2, -0.15) is 0 Å². The van der Waals surface area contributed by atoms with Gasteiger partial charge in [-0.3, -0.25) is 4.79 Å². The van der Waals surface area contributed by atoms with Crippen LogP contribution in [0.1, 0.15) is 24.0 Å². The molecule has 5 nitrogen and oxygen atoms in total. The SMILES string of the molecule is CN(CCCC(=O)N1CCc2ccccc2C1)S(=O)(=O)c1ccccc1. The summed E-state index contributed by atoms with van der Waals surface area (Å²) in [6.07, 6.45) is 1.75. The van der Waals surface area contributed by atoms with E-state index >= 15 is 0 Å². The van der Waals surface area contributed by atoms with Gasteiger partial charge in [-0.15, -0.1) is 0 Å². The first-order valence-corrected chi connectivity index (χ1v) is 10.3. The predicted molar refractivity (Wildman–Crippen MR) is 101 cm³/mol. The van der Waals surface area contributed by atoms with Gasteiger partial charge in [0, 0.05) is 33.1 Å². The lowest BCUT2D eigenvalue weighted by molar-refractivity contribution is -0.132. The largest absolute Gasteiger partial charge is 0.338 e. The highest BCUT2D eigenvalue weighted by atomic mass is 32.2. The summed E-state index contributed by atoms with van der Waals surface area (Å²) >= 11 is 0. The maximum absolute atomic E-state index is 12.5. The van der Waals surface area contributed by atoms with Crippen molar-refractivity contribution >= 4 is 15.9 Å². The molecular weight excluding hydrogens is 348 g/mol. The van der Waals surface area contributed by atoms with Crippen LogP contribution in [0.15, 0.2) is 59.5 Å². The summed E-state index contributed by atoms with van der Waals surface area (Å²) in [4.78, 5) is 14.6. The average Bonchev–Trinajstić information content (AvgIpc) is 2.68. The van der Waals surface area contributed by atoms with Crippen molar-refractivity contribution in [3.8, 4) is 0 Å². The number of sulfonamides is 1. The Kier molecular flexibility index (Phi) is 5.74. The number of fused-ring (bicyclic) bond motifs is 1. The van der Waals surface area contributed by atoms with Crippen molar-refractivity contribution < 1.29 is 13.2 Å². The lowest BCUT2D eigenvalue weighted by Crippen LogP contribution is -2.36. The third-order valence-electron chi connectivity index (χ3n) is 4.80. The standard InChI is InChI=1S/C20H24N2O3S/c1-21(26(24,25)19-10-3-2-4-11-19)14-7-12-20(23)22-15-13-17-8-5-6-9-18(17)16-22/h2-6,8-11H,7,12-16H2,1H3. The molecule has 6 heteroatoms. The van der Waals surface area contributed by atoms with Gasteiger partial charge in [-0.1, -0.05) is 42.5 Å². The van der Waals surface area contributed by atoms with Crippen LogP contribution in [-0.4, -0.2) is 43.7 Å². The van der Waals surface area contributed by atoms with E-state index in [0.717, 1.165) is 13.0 Å². The first kappa shape index (κ1) is 18.6. The van der Waals surface area contributed by atoms with Crippen molar-refractivity contribution in [2.75, 3.05) is 20.1 Å². The molecule has 0 saturated heterocycles. The second-order valence-electron chi connectivity index (χ2n) is 6.58. The molecule has 0 N–H and O–H groups in total. The summed E-state index contributed by atoms with van der Waals surface area (Å²) in [5.41, 5.74) is 2.51. The third-order valence-corrected chi connectivity index (χ3v) is 6.67. The van der Waals surface area contributed by atoms with E-state index in [2.05, 4.69) is 12.1 Å². The first-order chi connectivity index (χ1) is 12.5. The van der Waals surface area contributed by atoms with Crippen LogP contribution < -0.4 is 0 Å². The summed E-state index contributed by atoms with van der Waals surface area (Å²) in [5, 5.41) is 0. The average molecular weight is 372 g/mol. The predicted octanol–water partition coefficient (Wildman–Crippen LogP) is 2.67. The minimum Gasteiger partial charge on any atom is -0.338 e. The normalized spacial score (nSPS) is 14.3. The van der Waals surface area contributed by atoms with Crippen LogP contribution in [0.25, 0.3) is 0 Å². The lowest BCUT2D eigenvalue weighted by Gasteiger charge is -2.29. The van der Waals surface area contributed by atoms with E-state index in [0.29, 0.717) is 25.9 Å². The van der Waals surface area contributed by atoms with Gasteiger partial charge < -0.3 is 4.90 Å². The Morgan fingerprint density at radius 3 is 2.42 bits per heavy atom. The Hall–Kier alpha value is -2.18. The molecule has 0 bridgehead atoms. The molecule has 1 aliphatic heterocycles. The third kappa shape index (κ3) is 4.14. The molecule has 1 amide bonds. The monoisotopic (exact) mass is 372 g/mol. The number of hydrogen-bond donors (Lipinski definition) is 0. The van der Waals surface area contributed by atoms with Gasteiger partial charge in [0.05, 0.1) is 4.90 Å². The minimum atomic E-state index is -3.49. The van der Waals surface area contributed by atoms with Crippen molar-refractivity contribution in [1.29, 1.82) is 0 Å². The number of nitrogens with zero attached hydrogens (tertiary/aromatic N) is 2. The number of carbonyl (C=O) groups excluding carboxylic acids is 1. The number of benzene rings is 2. The van der Waals surface area contributed by atoms with Crippen molar-refractivity contribution in [1.82, 2.24) is 9.21 Å². The molecule has 2 aromatic rings. The van der Waals surface area contributed by atoms with Crippen LogP contribution in [0.3, 0.4) is 0 Å². The Morgan fingerprint density at radius 1 is 1.04 bits per heavy atom. The molecule has 0 aliphatic carbocycles. The van der Waals surface area contributed by atoms with E-state index < -0.39 is 10.0 Å². The van der Waals surface area contributed by atoms with E-state index in [-0.39, 0.29) is 10.8 Å². The van der Waals surface area contributed by atoms with Gasteiger partial charge in [-0.05, 0) is 36.1 Å². The zero-order chi connectivity index (χ0) is 18.6. The molecule has 0 radical (unpaired) electrons. The molecule has 1 heterocycles. The van der Waals surface area contributed by atoms with Crippen LogP contribution in [0.4, 0.5) is 0 Å². The van der Waals surface area contributed by atoms with Crippen molar-refractivity contribution in [3.63, 3.8) is 0 Å². The summed E-state index contributed by atoms with van der Waals surface area (Å²) in [7, 11) is -1.93. The molecule has 0 spiro atoms. The van der Waals surface area contributed by atoms with E-state index in [1.54, 1.807) is 37.4 Å². The van der Waals surface area contributed by atoms with Crippen LogP contribution in [0.5, 0.6) is 0 Å². The van der Waals surface area contributed by atoms with E-state index in [1.807, 2.05) is 17.0 Å². The quantitative estimate of drug-likeness (QED) is 0.783. The Labute approximate surface area is 155 Å². The summed E-state index contributed by atoms with van der Waals surface area (Å²) < 4.78 is 26.3. The topological polar surface area (TPSA) is 57.7 Å². The molecule has 0 fully saturated rings. The van der Waals surface area contributed by atoms with Crippen LogP contribution in [0, 0.1) is 0 Å². The number of amides is 1. The number of carbonyl (C=O) groups is 1. The maximum Gasteiger partial charge on any atom is 0.242 e.